The third-order valence-corrected chi connectivity index (χ3v) is 2.38. The van der Waals surface area contributed by atoms with Gasteiger partial charge in [0.1, 0.15) is 0 Å². The molecule has 0 bridgehead atoms. The SMILES string of the molecule is [I-].[Zn+][CH]1CCOC1. The second-order valence-electron chi connectivity index (χ2n) is 1.73. The molecule has 1 aliphatic rings. The summed E-state index contributed by atoms with van der Waals surface area (Å²) in [6.45, 7) is 2.06. The van der Waals surface area contributed by atoms with Crippen LogP contribution in [0.3, 0.4) is 0 Å². The van der Waals surface area contributed by atoms with Crippen LogP contribution in [0, 0.1) is 0 Å². The summed E-state index contributed by atoms with van der Waals surface area (Å²) in [4.78, 5) is 0. The first kappa shape index (κ1) is 8.31. The molecule has 1 rings (SSSR count). The van der Waals surface area contributed by atoms with Crippen molar-refractivity contribution in [2.75, 3.05) is 13.2 Å². The molecule has 0 spiro atoms. The predicted molar refractivity (Wildman–Crippen MR) is 19.2 cm³/mol. The van der Waals surface area contributed by atoms with Crippen LogP contribution < -0.4 is 24.0 Å². The Kier molecular flexibility index (Phi) is 5.01. The van der Waals surface area contributed by atoms with Crippen molar-refractivity contribution in [3.8, 4) is 0 Å². The summed E-state index contributed by atoms with van der Waals surface area (Å²) in [5.41, 5.74) is 0. The number of hydrogen-bond acceptors (Lipinski definition) is 1. The molecule has 38 valence electrons. The number of hydrogen-bond donors (Lipinski definition) is 0. The monoisotopic (exact) mass is 262 g/mol. The van der Waals surface area contributed by atoms with Crippen LogP contribution in [0.15, 0.2) is 0 Å². The first-order chi connectivity index (χ1) is 2.89. The Morgan fingerprint density at radius 2 is 2.29 bits per heavy atom. The van der Waals surface area contributed by atoms with Gasteiger partial charge in [-0.15, -0.1) is 0 Å². The molecule has 0 aliphatic carbocycles. The van der Waals surface area contributed by atoms with Gasteiger partial charge in [0.05, 0.1) is 0 Å². The minimum atomic E-state index is 0. The maximum absolute atomic E-state index is 5.09. The summed E-state index contributed by atoms with van der Waals surface area (Å²) in [5.74, 6) is 0. The van der Waals surface area contributed by atoms with E-state index in [1.54, 1.807) is 0 Å². The number of rotatable bonds is 0. The molecule has 7 heavy (non-hydrogen) atoms. The molecule has 0 aromatic carbocycles. The van der Waals surface area contributed by atoms with Crippen molar-refractivity contribution in [3.05, 3.63) is 0 Å². The van der Waals surface area contributed by atoms with Gasteiger partial charge in [0, 0.05) is 0 Å². The third kappa shape index (κ3) is 2.99. The Morgan fingerprint density at radius 1 is 1.57 bits per heavy atom. The van der Waals surface area contributed by atoms with Crippen molar-refractivity contribution in [2.24, 2.45) is 0 Å². The van der Waals surface area contributed by atoms with E-state index in [0.29, 0.717) is 0 Å². The zero-order valence-electron chi connectivity index (χ0n) is 4.19. The molecule has 1 unspecified atom stereocenters. The van der Waals surface area contributed by atoms with E-state index in [0.717, 1.165) is 17.7 Å². The van der Waals surface area contributed by atoms with Crippen LogP contribution >= 0.6 is 0 Å². The molecular weight excluding hydrogens is 256 g/mol. The van der Waals surface area contributed by atoms with Gasteiger partial charge >= 0.3 is 47.2 Å². The zero-order chi connectivity index (χ0) is 4.41. The van der Waals surface area contributed by atoms with Crippen molar-refractivity contribution in [2.45, 2.75) is 10.9 Å². The molecule has 0 radical (unpaired) electrons. The van der Waals surface area contributed by atoms with Crippen LogP contribution in [-0.4, -0.2) is 13.2 Å². The van der Waals surface area contributed by atoms with Crippen molar-refractivity contribution in [1.82, 2.24) is 0 Å². The quantitative estimate of drug-likeness (QED) is 0.354. The van der Waals surface area contributed by atoms with E-state index in [2.05, 4.69) is 0 Å². The van der Waals surface area contributed by atoms with Gasteiger partial charge in [-0.3, -0.25) is 0 Å². The Labute approximate surface area is 70.9 Å². The second-order valence-corrected chi connectivity index (χ2v) is 4.15. The molecular formula is C4H7IOZn. The molecule has 1 nitrogen and oxygen atoms in total. The average Bonchev–Trinajstić information content (AvgIpc) is 1.86. The van der Waals surface area contributed by atoms with E-state index in [4.69, 9.17) is 4.74 Å². The van der Waals surface area contributed by atoms with Gasteiger partial charge in [-0.1, -0.05) is 0 Å². The summed E-state index contributed by atoms with van der Waals surface area (Å²) >= 11 is 1.42. The van der Waals surface area contributed by atoms with Crippen LogP contribution in [0.4, 0.5) is 0 Å². The van der Waals surface area contributed by atoms with Gasteiger partial charge in [0.15, 0.2) is 0 Å². The second kappa shape index (κ2) is 4.22. The van der Waals surface area contributed by atoms with Gasteiger partial charge in [-0.2, -0.15) is 0 Å². The van der Waals surface area contributed by atoms with Crippen molar-refractivity contribution in [3.63, 3.8) is 0 Å². The maximum atomic E-state index is 5.09. The predicted octanol–water partition coefficient (Wildman–Crippen LogP) is -2.25. The van der Waals surface area contributed by atoms with Gasteiger partial charge < -0.3 is 24.0 Å². The zero-order valence-corrected chi connectivity index (χ0v) is 9.32. The van der Waals surface area contributed by atoms with E-state index in [-0.39, 0.29) is 24.0 Å². The molecule has 3 heteroatoms. The van der Waals surface area contributed by atoms with Crippen molar-refractivity contribution < 1.29 is 47.0 Å². The fourth-order valence-corrected chi connectivity index (χ4v) is 1.28. The summed E-state index contributed by atoms with van der Waals surface area (Å²) in [6, 6.07) is 0. The topological polar surface area (TPSA) is 9.23 Å². The van der Waals surface area contributed by atoms with E-state index in [1.807, 2.05) is 0 Å². The molecule has 0 saturated carbocycles. The molecule has 0 N–H and O–H groups in total. The first-order valence-corrected chi connectivity index (χ1v) is 4.02. The van der Waals surface area contributed by atoms with Crippen molar-refractivity contribution in [1.29, 1.82) is 0 Å². The Hall–Kier alpha value is 1.31. The van der Waals surface area contributed by atoms with Crippen LogP contribution in [-0.2, 0) is 23.0 Å². The molecule has 1 aliphatic heterocycles. The average molecular weight is 263 g/mol. The summed E-state index contributed by atoms with van der Waals surface area (Å²) < 4.78 is 6.04. The molecule has 1 saturated heterocycles. The summed E-state index contributed by atoms with van der Waals surface area (Å²) in [6.07, 6.45) is 1.32. The fraction of sp³-hybridized carbons (Fsp3) is 1.00. The van der Waals surface area contributed by atoms with Crippen LogP contribution in [0.5, 0.6) is 0 Å². The van der Waals surface area contributed by atoms with Crippen LogP contribution in [0.25, 0.3) is 0 Å². The molecule has 0 aromatic heterocycles. The Balaban J connectivity index is 0.000000360. The van der Waals surface area contributed by atoms with Gasteiger partial charge in [0.2, 0.25) is 0 Å². The molecule has 0 amide bonds. The van der Waals surface area contributed by atoms with Gasteiger partial charge in [0.25, 0.3) is 0 Å². The molecule has 0 aromatic rings. The normalized spacial score (nSPS) is 29.7. The first-order valence-electron chi connectivity index (χ1n) is 2.30. The van der Waals surface area contributed by atoms with Crippen LogP contribution in [0.2, 0.25) is 4.51 Å². The molecule has 1 atom stereocenters. The third-order valence-electron chi connectivity index (χ3n) is 1.02. The standard InChI is InChI=1S/C4H7O.HI.Zn/c1-2-4-5-3-1;;/h1H,2-4H2;1H;/q;;+1/p-1. The van der Waals surface area contributed by atoms with Gasteiger partial charge in [-0.05, 0) is 0 Å². The van der Waals surface area contributed by atoms with E-state index in [9.17, 15) is 0 Å². The Morgan fingerprint density at radius 3 is 2.43 bits per heavy atom. The fourth-order valence-electron chi connectivity index (χ4n) is 0.583. The molecule has 1 fully saturated rings. The van der Waals surface area contributed by atoms with Gasteiger partial charge in [-0.25, -0.2) is 0 Å². The van der Waals surface area contributed by atoms with E-state index >= 15 is 0 Å². The van der Waals surface area contributed by atoms with Crippen LogP contribution in [0.1, 0.15) is 6.42 Å². The van der Waals surface area contributed by atoms with E-state index < -0.39 is 0 Å². The minimum absolute atomic E-state index is 0. The summed E-state index contributed by atoms with van der Waals surface area (Å²) in [7, 11) is 0. The summed E-state index contributed by atoms with van der Waals surface area (Å²) in [5, 5.41) is 0. The Bertz CT molecular complexity index is 45.0. The van der Waals surface area contributed by atoms with Crippen molar-refractivity contribution >= 4 is 0 Å². The van der Waals surface area contributed by atoms with E-state index in [1.165, 1.54) is 24.7 Å². The number of halogens is 1. The molecule has 1 heterocycles. The number of ether oxygens (including phenoxy) is 1.